The van der Waals surface area contributed by atoms with Crippen LogP contribution in [0.1, 0.15) is 53.3 Å². The molecule has 1 atom stereocenters. The van der Waals surface area contributed by atoms with Gasteiger partial charge in [-0.05, 0) is 44.4 Å². The fourth-order valence-electron chi connectivity index (χ4n) is 3.89. The summed E-state index contributed by atoms with van der Waals surface area (Å²) in [5.41, 5.74) is -0.0186. The van der Waals surface area contributed by atoms with Gasteiger partial charge in [-0.2, -0.15) is 13.2 Å². The number of aromatic nitrogens is 2. The standard InChI is InChI=1S/C21H19F3N4O2/c22-21(23,24)14-5-2-1-4-12(14)16-10-13(19(29)26-11-7-8-11)17-18(15-6-3-9-25-15)28-30-20(17)27-16/h1-2,4-5,10-11,15,25H,3,6-9H2,(H,26,29). The zero-order valence-electron chi connectivity index (χ0n) is 15.9. The average molecular weight is 416 g/mol. The Morgan fingerprint density at radius 2 is 2.00 bits per heavy atom. The van der Waals surface area contributed by atoms with Crippen LogP contribution in [0.25, 0.3) is 22.4 Å². The van der Waals surface area contributed by atoms with Gasteiger partial charge in [-0.25, -0.2) is 4.98 Å². The molecule has 30 heavy (non-hydrogen) atoms. The molecule has 156 valence electrons. The maximum atomic E-state index is 13.5. The number of nitrogens with one attached hydrogen (secondary N) is 2. The monoisotopic (exact) mass is 416 g/mol. The van der Waals surface area contributed by atoms with Gasteiger partial charge >= 0.3 is 6.18 Å². The van der Waals surface area contributed by atoms with Crippen LogP contribution in [0.4, 0.5) is 13.2 Å². The van der Waals surface area contributed by atoms with Crippen LogP contribution in [0, 0.1) is 0 Å². The predicted molar refractivity (Wildman–Crippen MR) is 103 cm³/mol. The Balaban J connectivity index is 1.69. The quantitative estimate of drug-likeness (QED) is 0.666. The molecule has 2 N–H and O–H groups in total. The number of carbonyl (C=O) groups excluding carboxylic acids is 1. The number of hydrogen-bond donors (Lipinski definition) is 2. The molecule has 2 fully saturated rings. The van der Waals surface area contributed by atoms with E-state index in [0.29, 0.717) is 11.1 Å². The molecule has 0 bridgehead atoms. The number of rotatable bonds is 4. The van der Waals surface area contributed by atoms with Crippen LogP contribution in [-0.4, -0.2) is 28.6 Å². The van der Waals surface area contributed by atoms with Crippen molar-refractivity contribution >= 4 is 17.0 Å². The average Bonchev–Trinajstić information content (AvgIpc) is 3.19. The molecule has 1 saturated carbocycles. The highest BCUT2D eigenvalue weighted by molar-refractivity contribution is 6.07. The molecular formula is C21H19F3N4O2. The van der Waals surface area contributed by atoms with Crippen LogP contribution in [0.5, 0.6) is 0 Å². The number of nitrogens with zero attached hydrogens (tertiary/aromatic N) is 2. The van der Waals surface area contributed by atoms with Crippen LogP contribution >= 0.6 is 0 Å². The topological polar surface area (TPSA) is 80.1 Å². The summed E-state index contributed by atoms with van der Waals surface area (Å²) in [6.07, 6.45) is -0.962. The van der Waals surface area contributed by atoms with Gasteiger partial charge in [0.1, 0.15) is 5.69 Å². The molecule has 1 aromatic carbocycles. The van der Waals surface area contributed by atoms with Crippen molar-refractivity contribution < 1.29 is 22.5 Å². The summed E-state index contributed by atoms with van der Waals surface area (Å²) in [5.74, 6) is -0.349. The summed E-state index contributed by atoms with van der Waals surface area (Å²) in [7, 11) is 0. The molecule has 5 rings (SSSR count). The lowest BCUT2D eigenvalue weighted by atomic mass is 9.99. The lowest BCUT2D eigenvalue weighted by Gasteiger charge is -2.14. The molecular weight excluding hydrogens is 397 g/mol. The van der Waals surface area contributed by atoms with Gasteiger partial charge in [-0.3, -0.25) is 4.79 Å². The zero-order valence-corrected chi connectivity index (χ0v) is 15.9. The maximum Gasteiger partial charge on any atom is 0.417 e. The van der Waals surface area contributed by atoms with E-state index in [1.807, 2.05) is 0 Å². The lowest BCUT2D eigenvalue weighted by molar-refractivity contribution is -0.137. The predicted octanol–water partition coefficient (Wildman–Crippen LogP) is 4.23. The first kappa shape index (κ1) is 19.0. The highest BCUT2D eigenvalue weighted by Gasteiger charge is 2.35. The number of hydrogen-bond acceptors (Lipinski definition) is 5. The minimum absolute atomic E-state index is 0.0263. The SMILES string of the molecule is O=C(NC1CC1)c1cc(-c2ccccc2C(F)(F)F)nc2onc(C3CCCN3)c12. The molecule has 0 spiro atoms. The summed E-state index contributed by atoms with van der Waals surface area (Å²) in [6, 6.07) is 6.61. The maximum absolute atomic E-state index is 13.5. The van der Waals surface area contributed by atoms with Crippen LogP contribution < -0.4 is 10.6 Å². The molecule has 3 aromatic rings. The summed E-state index contributed by atoms with van der Waals surface area (Å²) in [4.78, 5) is 17.3. The third-order valence-electron chi connectivity index (χ3n) is 5.53. The number of alkyl halides is 3. The lowest BCUT2D eigenvalue weighted by Crippen LogP contribution is -2.26. The Labute approximate surface area is 169 Å². The summed E-state index contributed by atoms with van der Waals surface area (Å²) >= 11 is 0. The highest BCUT2D eigenvalue weighted by Crippen LogP contribution is 2.39. The van der Waals surface area contributed by atoms with E-state index in [1.54, 1.807) is 0 Å². The minimum atomic E-state index is -4.55. The molecule has 1 aliphatic carbocycles. The Morgan fingerprint density at radius 3 is 2.70 bits per heavy atom. The normalized spacial score (nSPS) is 19.4. The third-order valence-corrected chi connectivity index (χ3v) is 5.53. The van der Waals surface area contributed by atoms with E-state index in [1.165, 1.54) is 24.3 Å². The van der Waals surface area contributed by atoms with Gasteiger partial charge in [0.25, 0.3) is 11.6 Å². The van der Waals surface area contributed by atoms with Crippen LogP contribution in [0.2, 0.25) is 0 Å². The van der Waals surface area contributed by atoms with Crippen LogP contribution in [0.3, 0.4) is 0 Å². The first-order valence-corrected chi connectivity index (χ1v) is 9.93. The summed E-state index contributed by atoms with van der Waals surface area (Å²) in [5, 5.41) is 10.8. The van der Waals surface area contributed by atoms with E-state index in [-0.39, 0.29) is 40.5 Å². The fourth-order valence-corrected chi connectivity index (χ4v) is 3.89. The molecule has 1 saturated heterocycles. The molecule has 1 amide bonds. The van der Waals surface area contributed by atoms with Crippen molar-refractivity contribution in [2.45, 2.75) is 43.9 Å². The van der Waals surface area contributed by atoms with Gasteiger partial charge in [0.15, 0.2) is 0 Å². The highest BCUT2D eigenvalue weighted by atomic mass is 19.4. The van der Waals surface area contributed by atoms with Crippen molar-refractivity contribution in [3.8, 4) is 11.3 Å². The zero-order chi connectivity index (χ0) is 20.9. The van der Waals surface area contributed by atoms with Crippen molar-refractivity contribution in [1.82, 2.24) is 20.8 Å². The van der Waals surface area contributed by atoms with Gasteiger partial charge < -0.3 is 15.2 Å². The summed E-state index contributed by atoms with van der Waals surface area (Å²) < 4.78 is 46.0. The van der Waals surface area contributed by atoms with Crippen LogP contribution in [-0.2, 0) is 6.18 Å². The van der Waals surface area contributed by atoms with E-state index in [0.717, 1.165) is 38.3 Å². The van der Waals surface area contributed by atoms with Gasteiger partial charge in [0.05, 0.1) is 28.2 Å². The van der Waals surface area contributed by atoms with Crippen LogP contribution in [0.15, 0.2) is 34.9 Å². The van der Waals surface area contributed by atoms with E-state index < -0.39 is 11.7 Å². The molecule has 1 unspecified atom stereocenters. The number of halogens is 3. The van der Waals surface area contributed by atoms with E-state index in [2.05, 4.69) is 20.8 Å². The van der Waals surface area contributed by atoms with Crippen molar-refractivity contribution in [3.05, 3.63) is 47.2 Å². The molecule has 2 aromatic heterocycles. The van der Waals surface area contributed by atoms with E-state index in [4.69, 9.17) is 4.52 Å². The van der Waals surface area contributed by atoms with E-state index in [9.17, 15) is 18.0 Å². The van der Waals surface area contributed by atoms with Crippen molar-refractivity contribution in [3.63, 3.8) is 0 Å². The second-order valence-electron chi connectivity index (χ2n) is 7.74. The second kappa shape index (κ2) is 7.09. The number of fused-ring (bicyclic) bond motifs is 1. The smallest absolute Gasteiger partial charge is 0.349 e. The van der Waals surface area contributed by atoms with Crippen molar-refractivity contribution in [1.29, 1.82) is 0 Å². The van der Waals surface area contributed by atoms with Gasteiger partial charge in [-0.15, -0.1) is 0 Å². The van der Waals surface area contributed by atoms with Gasteiger partial charge in [-0.1, -0.05) is 23.4 Å². The second-order valence-corrected chi connectivity index (χ2v) is 7.74. The van der Waals surface area contributed by atoms with Crippen molar-refractivity contribution in [2.24, 2.45) is 0 Å². The summed E-state index contributed by atoms with van der Waals surface area (Å²) in [6.45, 7) is 0.826. The fraction of sp³-hybridized carbons (Fsp3) is 0.381. The molecule has 1 aliphatic heterocycles. The first-order valence-electron chi connectivity index (χ1n) is 9.93. The van der Waals surface area contributed by atoms with Crippen molar-refractivity contribution in [2.75, 3.05) is 6.54 Å². The van der Waals surface area contributed by atoms with Gasteiger partial charge in [0, 0.05) is 11.6 Å². The van der Waals surface area contributed by atoms with E-state index >= 15 is 0 Å². The Bertz CT molecular complexity index is 1120. The van der Waals surface area contributed by atoms with Gasteiger partial charge in [0.2, 0.25) is 0 Å². The number of benzene rings is 1. The Morgan fingerprint density at radius 1 is 1.20 bits per heavy atom. The largest absolute Gasteiger partial charge is 0.417 e. The molecule has 6 nitrogen and oxygen atoms in total. The number of pyridine rings is 1. The third kappa shape index (κ3) is 3.43. The Hall–Kier alpha value is -2.94. The Kier molecular flexibility index (Phi) is 4.50. The number of carbonyl (C=O) groups is 1. The molecule has 0 radical (unpaired) electrons. The molecule has 2 aliphatic rings. The molecule has 3 heterocycles. The minimum Gasteiger partial charge on any atom is -0.349 e. The number of amides is 1. The molecule has 9 heteroatoms. The first-order chi connectivity index (χ1) is 14.4.